The molecule has 1 heterocycles. The molecule has 0 aromatic carbocycles. The lowest BCUT2D eigenvalue weighted by Gasteiger charge is -2.35. The van der Waals surface area contributed by atoms with Crippen LogP contribution in [0.3, 0.4) is 0 Å². The fraction of sp³-hybridized carbons (Fsp3) is 1.00. The number of halogens is 1. The third-order valence-corrected chi connectivity index (χ3v) is 5.71. The number of hydrogen-bond acceptors (Lipinski definition) is 4. The van der Waals surface area contributed by atoms with Gasteiger partial charge in [0.1, 0.15) is 0 Å². The van der Waals surface area contributed by atoms with Crippen LogP contribution in [-0.4, -0.2) is 39.1 Å². The molecule has 2 aliphatic rings. The summed E-state index contributed by atoms with van der Waals surface area (Å²) in [5, 5.41) is 0. The third-order valence-electron chi connectivity index (χ3n) is 4.42. The van der Waals surface area contributed by atoms with Crippen molar-refractivity contribution in [3.63, 3.8) is 0 Å². The molecule has 0 radical (unpaired) electrons. The number of ether oxygens (including phenoxy) is 2. The second kappa shape index (κ2) is 6.51. The monoisotopic (exact) mass is 324 g/mol. The maximum absolute atomic E-state index is 11.4. The molecule has 6 heteroatoms. The van der Waals surface area contributed by atoms with E-state index in [1.165, 1.54) is 0 Å². The highest BCUT2D eigenvalue weighted by molar-refractivity contribution is 8.13. The molecule has 1 saturated heterocycles. The Morgan fingerprint density at radius 1 is 1.20 bits per heavy atom. The van der Waals surface area contributed by atoms with Crippen LogP contribution in [0.4, 0.5) is 0 Å². The van der Waals surface area contributed by atoms with Gasteiger partial charge in [0.15, 0.2) is 0 Å². The van der Waals surface area contributed by atoms with Gasteiger partial charge in [-0.1, -0.05) is 12.8 Å². The Kier molecular flexibility index (Phi) is 5.38. The van der Waals surface area contributed by atoms with Gasteiger partial charge in [0.05, 0.1) is 30.7 Å². The van der Waals surface area contributed by atoms with Crippen LogP contribution in [0.5, 0.6) is 0 Å². The molecule has 20 heavy (non-hydrogen) atoms. The normalized spacial score (nSPS) is 34.2. The lowest BCUT2D eigenvalue weighted by molar-refractivity contribution is -0.113. The predicted molar refractivity (Wildman–Crippen MR) is 79.5 cm³/mol. The molecule has 0 spiro atoms. The summed E-state index contributed by atoms with van der Waals surface area (Å²) in [5.41, 5.74) is -0.272. The van der Waals surface area contributed by atoms with Crippen LogP contribution < -0.4 is 0 Å². The lowest BCUT2D eigenvalue weighted by Crippen LogP contribution is -2.38. The molecule has 0 N–H and O–H groups in total. The molecule has 0 aromatic heterocycles. The standard InChI is InChI=1S/C14H25ClO4S/c1-11-7-13(8-12(2)19-11)18-9-14(5-3-4-6-14)10-20(15,16)17/h11-13H,3-10H2,1-2H3. The van der Waals surface area contributed by atoms with Crippen molar-refractivity contribution in [2.45, 2.75) is 70.7 Å². The Bertz CT molecular complexity index is 407. The summed E-state index contributed by atoms with van der Waals surface area (Å²) in [6.45, 7) is 4.62. The summed E-state index contributed by atoms with van der Waals surface area (Å²) in [6, 6.07) is 0. The highest BCUT2D eigenvalue weighted by Crippen LogP contribution is 2.41. The summed E-state index contributed by atoms with van der Waals surface area (Å²) in [6.07, 6.45) is 6.28. The molecule has 4 nitrogen and oxygen atoms in total. The molecule has 1 aliphatic heterocycles. The highest BCUT2D eigenvalue weighted by Gasteiger charge is 2.39. The van der Waals surface area contributed by atoms with Crippen molar-refractivity contribution in [3.05, 3.63) is 0 Å². The molecular weight excluding hydrogens is 300 g/mol. The van der Waals surface area contributed by atoms with Gasteiger partial charge >= 0.3 is 0 Å². The van der Waals surface area contributed by atoms with E-state index in [2.05, 4.69) is 13.8 Å². The molecule has 118 valence electrons. The third kappa shape index (κ3) is 4.86. The van der Waals surface area contributed by atoms with Crippen molar-refractivity contribution in [3.8, 4) is 0 Å². The van der Waals surface area contributed by atoms with E-state index in [9.17, 15) is 8.42 Å². The Morgan fingerprint density at radius 2 is 1.75 bits per heavy atom. The first-order chi connectivity index (χ1) is 9.28. The van der Waals surface area contributed by atoms with E-state index in [0.29, 0.717) is 6.61 Å². The molecule has 2 atom stereocenters. The first-order valence-corrected chi connectivity index (χ1v) is 9.95. The van der Waals surface area contributed by atoms with Crippen molar-refractivity contribution in [1.82, 2.24) is 0 Å². The Balaban J connectivity index is 1.92. The van der Waals surface area contributed by atoms with Crippen molar-refractivity contribution < 1.29 is 17.9 Å². The van der Waals surface area contributed by atoms with Crippen LogP contribution >= 0.6 is 10.7 Å². The fourth-order valence-electron chi connectivity index (χ4n) is 3.60. The van der Waals surface area contributed by atoms with E-state index in [-0.39, 0.29) is 29.5 Å². The lowest BCUT2D eigenvalue weighted by atomic mass is 9.89. The first kappa shape index (κ1) is 16.5. The first-order valence-electron chi connectivity index (χ1n) is 7.47. The summed E-state index contributed by atoms with van der Waals surface area (Å²) >= 11 is 0. The summed E-state index contributed by atoms with van der Waals surface area (Å²) in [7, 11) is 1.99. The van der Waals surface area contributed by atoms with Crippen molar-refractivity contribution in [2.24, 2.45) is 5.41 Å². The average Bonchev–Trinajstić information content (AvgIpc) is 2.72. The maximum Gasteiger partial charge on any atom is 0.233 e. The van der Waals surface area contributed by atoms with Crippen molar-refractivity contribution in [2.75, 3.05) is 12.4 Å². The van der Waals surface area contributed by atoms with Gasteiger partial charge in [-0.2, -0.15) is 0 Å². The molecule has 2 fully saturated rings. The topological polar surface area (TPSA) is 52.6 Å². The Morgan fingerprint density at radius 3 is 2.25 bits per heavy atom. The quantitative estimate of drug-likeness (QED) is 0.729. The molecule has 2 unspecified atom stereocenters. The smallest absolute Gasteiger partial charge is 0.233 e. The molecular formula is C14H25ClO4S. The highest BCUT2D eigenvalue weighted by atomic mass is 35.7. The second-order valence-corrected chi connectivity index (χ2v) is 9.33. The molecule has 2 rings (SSSR count). The zero-order valence-electron chi connectivity index (χ0n) is 12.3. The van der Waals surface area contributed by atoms with Gasteiger partial charge in [0, 0.05) is 16.1 Å². The SMILES string of the molecule is CC1CC(OCC2(CS(=O)(=O)Cl)CCCC2)CC(C)O1. The van der Waals surface area contributed by atoms with E-state index < -0.39 is 9.05 Å². The summed E-state index contributed by atoms with van der Waals surface area (Å²) in [5.74, 6) is 0.0376. The van der Waals surface area contributed by atoms with Gasteiger partial charge in [-0.05, 0) is 39.5 Å². The second-order valence-electron chi connectivity index (χ2n) is 6.55. The molecule has 0 amide bonds. The van der Waals surface area contributed by atoms with Gasteiger partial charge in [0.25, 0.3) is 0 Å². The Labute approximate surface area is 126 Å². The van der Waals surface area contributed by atoms with Crippen LogP contribution in [0.15, 0.2) is 0 Å². The zero-order valence-corrected chi connectivity index (χ0v) is 13.9. The fourth-order valence-corrected chi connectivity index (χ4v) is 5.39. The minimum Gasteiger partial charge on any atom is -0.377 e. The van der Waals surface area contributed by atoms with E-state index in [0.717, 1.165) is 38.5 Å². The van der Waals surface area contributed by atoms with E-state index >= 15 is 0 Å². The molecule has 1 saturated carbocycles. The summed E-state index contributed by atoms with van der Waals surface area (Å²) in [4.78, 5) is 0. The van der Waals surface area contributed by atoms with Gasteiger partial charge in [0.2, 0.25) is 9.05 Å². The van der Waals surface area contributed by atoms with Crippen LogP contribution in [0.2, 0.25) is 0 Å². The zero-order chi connectivity index (χ0) is 14.8. The van der Waals surface area contributed by atoms with Crippen LogP contribution in [0.1, 0.15) is 52.4 Å². The van der Waals surface area contributed by atoms with Crippen LogP contribution in [-0.2, 0) is 18.5 Å². The summed E-state index contributed by atoms with van der Waals surface area (Å²) < 4.78 is 34.6. The maximum atomic E-state index is 11.4. The van der Waals surface area contributed by atoms with Crippen molar-refractivity contribution in [1.29, 1.82) is 0 Å². The van der Waals surface area contributed by atoms with E-state index in [1.54, 1.807) is 0 Å². The van der Waals surface area contributed by atoms with Crippen LogP contribution in [0.25, 0.3) is 0 Å². The number of rotatable bonds is 5. The van der Waals surface area contributed by atoms with Gasteiger partial charge < -0.3 is 9.47 Å². The minimum absolute atomic E-state index is 0.0376. The predicted octanol–water partition coefficient (Wildman–Crippen LogP) is 3.09. The molecule has 1 aliphatic carbocycles. The average molecular weight is 325 g/mol. The van der Waals surface area contributed by atoms with Crippen LogP contribution in [0, 0.1) is 5.41 Å². The Hall–Kier alpha value is 0.160. The van der Waals surface area contributed by atoms with E-state index in [4.69, 9.17) is 20.2 Å². The minimum atomic E-state index is -3.47. The molecule has 0 bridgehead atoms. The van der Waals surface area contributed by atoms with Gasteiger partial charge in [-0.15, -0.1) is 0 Å². The number of hydrogen-bond donors (Lipinski definition) is 0. The van der Waals surface area contributed by atoms with Crippen molar-refractivity contribution >= 4 is 19.7 Å². The van der Waals surface area contributed by atoms with E-state index in [1.807, 2.05) is 0 Å². The largest absolute Gasteiger partial charge is 0.377 e. The van der Waals surface area contributed by atoms with Gasteiger partial charge in [-0.3, -0.25) is 0 Å². The van der Waals surface area contributed by atoms with Gasteiger partial charge in [-0.25, -0.2) is 8.42 Å². The molecule has 0 aromatic rings.